The molecule has 0 aliphatic carbocycles. The Bertz CT molecular complexity index is 206. The predicted molar refractivity (Wildman–Crippen MR) is 57.9 cm³/mol. The molecule has 1 unspecified atom stereocenters. The minimum atomic E-state index is -0.698. The van der Waals surface area contributed by atoms with Crippen LogP contribution in [0.2, 0.25) is 0 Å². The van der Waals surface area contributed by atoms with E-state index < -0.39 is 5.97 Å². The summed E-state index contributed by atoms with van der Waals surface area (Å²) < 4.78 is 5.47. The summed E-state index contributed by atoms with van der Waals surface area (Å²) in [6, 6.07) is 0.221. The largest absolute Gasteiger partial charge is 0.481 e. The Hall–Kier alpha value is -0.610. The second kappa shape index (κ2) is 6.08. The van der Waals surface area contributed by atoms with E-state index in [4.69, 9.17) is 9.84 Å². The lowest BCUT2D eigenvalue weighted by atomic mass is 10.1. The zero-order chi connectivity index (χ0) is 11.3. The van der Waals surface area contributed by atoms with Crippen molar-refractivity contribution in [2.45, 2.75) is 45.3 Å². The summed E-state index contributed by atoms with van der Waals surface area (Å²) in [5.74, 6) is -0.698. The lowest BCUT2D eigenvalue weighted by Gasteiger charge is -2.23. The van der Waals surface area contributed by atoms with Crippen molar-refractivity contribution in [3.63, 3.8) is 0 Å². The third-order valence-electron chi connectivity index (χ3n) is 2.74. The van der Waals surface area contributed by atoms with E-state index in [9.17, 15) is 4.79 Å². The normalized spacial score (nSPS) is 22.5. The number of nitrogens with zero attached hydrogens (tertiary/aromatic N) is 1. The van der Waals surface area contributed by atoms with Gasteiger partial charge in [-0.25, -0.2) is 0 Å². The Morgan fingerprint density at radius 1 is 1.60 bits per heavy atom. The van der Waals surface area contributed by atoms with Gasteiger partial charge in [0.1, 0.15) is 0 Å². The number of likely N-dealkylation sites (tertiary alicyclic amines) is 1. The van der Waals surface area contributed by atoms with Gasteiger partial charge in [-0.2, -0.15) is 0 Å². The number of aliphatic carboxylic acids is 1. The molecule has 0 aromatic carbocycles. The second-order valence-electron chi connectivity index (χ2n) is 4.35. The maximum atomic E-state index is 10.6. The molecule has 1 N–H and O–H groups in total. The van der Waals surface area contributed by atoms with Crippen molar-refractivity contribution in [3.05, 3.63) is 0 Å². The molecule has 1 heterocycles. The van der Waals surface area contributed by atoms with Crippen LogP contribution in [0.15, 0.2) is 0 Å². The maximum absolute atomic E-state index is 10.6. The second-order valence-corrected chi connectivity index (χ2v) is 4.35. The molecule has 1 aliphatic rings. The van der Waals surface area contributed by atoms with Gasteiger partial charge in [0.05, 0.1) is 19.1 Å². The van der Waals surface area contributed by atoms with Gasteiger partial charge in [-0.3, -0.25) is 9.69 Å². The quantitative estimate of drug-likeness (QED) is 0.726. The molecule has 1 fully saturated rings. The van der Waals surface area contributed by atoms with E-state index in [2.05, 4.69) is 4.90 Å². The monoisotopic (exact) mass is 215 g/mol. The van der Waals surface area contributed by atoms with Crippen LogP contribution in [-0.2, 0) is 9.53 Å². The van der Waals surface area contributed by atoms with E-state index in [0.717, 1.165) is 25.9 Å². The van der Waals surface area contributed by atoms with Gasteiger partial charge < -0.3 is 9.84 Å². The van der Waals surface area contributed by atoms with Crippen molar-refractivity contribution in [2.24, 2.45) is 0 Å². The molecule has 1 atom stereocenters. The third-order valence-corrected chi connectivity index (χ3v) is 2.74. The van der Waals surface area contributed by atoms with Crippen LogP contribution in [0, 0.1) is 0 Å². The van der Waals surface area contributed by atoms with Crippen molar-refractivity contribution in [1.29, 1.82) is 0 Å². The summed E-state index contributed by atoms with van der Waals surface area (Å²) in [5.41, 5.74) is 0. The van der Waals surface area contributed by atoms with Gasteiger partial charge in [0.2, 0.25) is 0 Å². The highest BCUT2D eigenvalue weighted by molar-refractivity contribution is 5.67. The van der Waals surface area contributed by atoms with E-state index in [1.54, 1.807) is 0 Å². The summed E-state index contributed by atoms with van der Waals surface area (Å²) in [5, 5.41) is 8.75. The highest BCUT2D eigenvalue weighted by Crippen LogP contribution is 2.19. The number of ether oxygens (including phenoxy) is 1. The van der Waals surface area contributed by atoms with Crippen LogP contribution in [0.25, 0.3) is 0 Å². The van der Waals surface area contributed by atoms with Gasteiger partial charge in [-0.1, -0.05) is 0 Å². The number of carboxylic acids is 1. The van der Waals surface area contributed by atoms with Crippen molar-refractivity contribution in [1.82, 2.24) is 4.90 Å². The topological polar surface area (TPSA) is 49.8 Å². The lowest BCUT2D eigenvalue weighted by molar-refractivity contribution is -0.138. The maximum Gasteiger partial charge on any atom is 0.304 e. The average molecular weight is 215 g/mol. The van der Waals surface area contributed by atoms with E-state index in [1.165, 1.54) is 0 Å². The highest BCUT2D eigenvalue weighted by atomic mass is 16.5. The first kappa shape index (κ1) is 12.5. The smallest absolute Gasteiger partial charge is 0.304 e. The molecule has 0 aromatic heterocycles. The van der Waals surface area contributed by atoms with Crippen molar-refractivity contribution >= 4 is 5.97 Å². The number of carbonyl (C=O) groups is 1. The summed E-state index contributed by atoms with van der Waals surface area (Å²) in [6.07, 6.45) is 2.64. The van der Waals surface area contributed by atoms with Gasteiger partial charge in [0.25, 0.3) is 0 Å². The molecule has 0 saturated carbocycles. The fourth-order valence-electron chi connectivity index (χ4n) is 2.03. The van der Waals surface area contributed by atoms with Crippen LogP contribution >= 0.6 is 0 Å². The number of hydrogen-bond acceptors (Lipinski definition) is 3. The molecular weight excluding hydrogens is 194 g/mol. The Kier molecular flexibility index (Phi) is 5.05. The lowest BCUT2D eigenvalue weighted by Crippen LogP contribution is -2.34. The van der Waals surface area contributed by atoms with Crippen molar-refractivity contribution in [3.8, 4) is 0 Å². The molecule has 0 amide bonds. The average Bonchev–Trinajstić information content (AvgIpc) is 2.51. The van der Waals surface area contributed by atoms with Crippen molar-refractivity contribution in [2.75, 3.05) is 19.7 Å². The van der Waals surface area contributed by atoms with E-state index in [-0.39, 0.29) is 18.6 Å². The molecule has 1 rings (SSSR count). The van der Waals surface area contributed by atoms with Gasteiger partial charge in [0, 0.05) is 12.6 Å². The number of hydrogen-bond donors (Lipinski definition) is 1. The number of carboxylic acid groups (broad SMARTS) is 1. The van der Waals surface area contributed by atoms with Crippen LogP contribution in [0.5, 0.6) is 0 Å². The van der Waals surface area contributed by atoms with E-state index in [0.29, 0.717) is 6.61 Å². The molecule has 0 radical (unpaired) electrons. The van der Waals surface area contributed by atoms with Crippen LogP contribution < -0.4 is 0 Å². The Morgan fingerprint density at radius 3 is 2.93 bits per heavy atom. The molecule has 1 aliphatic heterocycles. The number of rotatable bonds is 6. The minimum Gasteiger partial charge on any atom is -0.481 e. The zero-order valence-electron chi connectivity index (χ0n) is 9.61. The Morgan fingerprint density at radius 2 is 2.33 bits per heavy atom. The fraction of sp³-hybridized carbons (Fsp3) is 0.909. The fourth-order valence-corrected chi connectivity index (χ4v) is 2.03. The third kappa shape index (κ3) is 4.62. The SMILES string of the molecule is CC(C)OCCN1CCCC1CC(=O)O. The Balaban J connectivity index is 2.24. The van der Waals surface area contributed by atoms with Crippen LogP contribution in [0.1, 0.15) is 33.1 Å². The predicted octanol–water partition coefficient (Wildman–Crippen LogP) is 1.35. The molecule has 88 valence electrons. The molecule has 4 heteroatoms. The highest BCUT2D eigenvalue weighted by Gasteiger charge is 2.25. The van der Waals surface area contributed by atoms with Crippen LogP contribution in [0.4, 0.5) is 0 Å². The summed E-state index contributed by atoms with van der Waals surface area (Å²) in [6.45, 7) is 6.60. The van der Waals surface area contributed by atoms with Crippen LogP contribution in [0.3, 0.4) is 0 Å². The first-order valence-corrected chi connectivity index (χ1v) is 5.67. The van der Waals surface area contributed by atoms with Gasteiger partial charge in [0.15, 0.2) is 0 Å². The minimum absolute atomic E-state index is 0.221. The van der Waals surface area contributed by atoms with Gasteiger partial charge >= 0.3 is 5.97 Å². The summed E-state index contributed by atoms with van der Waals surface area (Å²) in [4.78, 5) is 12.9. The standard InChI is InChI=1S/C11H21NO3/c1-9(2)15-7-6-12-5-3-4-10(12)8-11(13)14/h9-10H,3-8H2,1-2H3,(H,13,14). The van der Waals surface area contributed by atoms with Gasteiger partial charge in [-0.05, 0) is 33.2 Å². The first-order valence-electron chi connectivity index (χ1n) is 5.67. The molecule has 0 aromatic rings. The molecule has 0 spiro atoms. The molecule has 0 bridgehead atoms. The molecular formula is C11H21NO3. The molecule has 4 nitrogen and oxygen atoms in total. The molecule has 1 saturated heterocycles. The summed E-state index contributed by atoms with van der Waals surface area (Å²) in [7, 11) is 0. The molecule has 15 heavy (non-hydrogen) atoms. The summed E-state index contributed by atoms with van der Waals surface area (Å²) >= 11 is 0. The zero-order valence-corrected chi connectivity index (χ0v) is 9.61. The van der Waals surface area contributed by atoms with Crippen LogP contribution in [-0.4, -0.2) is 47.8 Å². The first-order chi connectivity index (χ1) is 7.09. The van der Waals surface area contributed by atoms with Gasteiger partial charge in [-0.15, -0.1) is 0 Å². The Labute approximate surface area is 91.2 Å². The van der Waals surface area contributed by atoms with E-state index in [1.807, 2.05) is 13.8 Å². The van der Waals surface area contributed by atoms with Crippen molar-refractivity contribution < 1.29 is 14.6 Å². The van der Waals surface area contributed by atoms with E-state index >= 15 is 0 Å².